The number of halogens is 1. The number of carbonyl (C=O) groups excluding carboxylic acids is 1. The summed E-state index contributed by atoms with van der Waals surface area (Å²) in [7, 11) is 0. The molecular formula is C19H21ClN2O. The summed E-state index contributed by atoms with van der Waals surface area (Å²) in [6, 6.07) is 20.0. The van der Waals surface area contributed by atoms with Crippen molar-refractivity contribution < 1.29 is 4.79 Å². The Morgan fingerprint density at radius 3 is 2.09 bits per heavy atom. The number of benzene rings is 2. The van der Waals surface area contributed by atoms with Gasteiger partial charge in [0.15, 0.2) is 0 Å². The van der Waals surface area contributed by atoms with Crippen molar-refractivity contribution in [2.24, 2.45) is 0 Å². The number of alkyl halides is 1. The summed E-state index contributed by atoms with van der Waals surface area (Å²) in [6.45, 7) is 4.19. The average Bonchev–Trinajstić information content (AvgIpc) is 2.63. The fraction of sp³-hybridized carbons (Fsp3) is 0.316. The lowest BCUT2D eigenvalue weighted by molar-refractivity contribution is -0.132. The molecule has 0 saturated carbocycles. The lowest BCUT2D eigenvalue weighted by Crippen LogP contribution is -2.49. The SMILES string of the molecule is O=C([C@H](Cl)c1ccccc1)N1CCN(Cc2ccccc2)CC1. The van der Waals surface area contributed by atoms with Crippen LogP contribution in [0.2, 0.25) is 0 Å². The van der Waals surface area contributed by atoms with E-state index in [1.807, 2.05) is 41.3 Å². The van der Waals surface area contributed by atoms with Crippen LogP contribution in [0.3, 0.4) is 0 Å². The van der Waals surface area contributed by atoms with E-state index in [0.29, 0.717) is 0 Å². The molecule has 23 heavy (non-hydrogen) atoms. The summed E-state index contributed by atoms with van der Waals surface area (Å²) in [5.41, 5.74) is 2.18. The first-order valence-electron chi connectivity index (χ1n) is 7.98. The Hall–Kier alpha value is -1.84. The van der Waals surface area contributed by atoms with Crippen LogP contribution in [0.1, 0.15) is 16.5 Å². The molecule has 1 saturated heterocycles. The Morgan fingerprint density at radius 1 is 0.913 bits per heavy atom. The largest absolute Gasteiger partial charge is 0.339 e. The number of carbonyl (C=O) groups is 1. The van der Waals surface area contributed by atoms with Crippen molar-refractivity contribution in [3.63, 3.8) is 0 Å². The first kappa shape index (κ1) is 16.0. The van der Waals surface area contributed by atoms with Gasteiger partial charge in [-0.15, -0.1) is 11.6 Å². The normalized spacial score (nSPS) is 17.0. The van der Waals surface area contributed by atoms with E-state index < -0.39 is 5.38 Å². The van der Waals surface area contributed by atoms with Crippen molar-refractivity contribution in [3.8, 4) is 0 Å². The van der Waals surface area contributed by atoms with E-state index in [1.165, 1.54) is 5.56 Å². The van der Waals surface area contributed by atoms with Gasteiger partial charge in [-0.25, -0.2) is 0 Å². The lowest BCUT2D eigenvalue weighted by Gasteiger charge is -2.35. The predicted octanol–water partition coefficient (Wildman–Crippen LogP) is 3.31. The molecule has 2 aromatic rings. The van der Waals surface area contributed by atoms with Gasteiger partial charge in [0.25, 0.3) is 0 Å². The maximum Gasteiger partial charge on any atom is 0.245 e. The monoisotopic (exact) mass is 328 g/mol. The van der Waals surface area contributed by atoms with E-state index in [0.717, 1.165) is 38.3 Å². The highest BCUT2D eigenvalue weighted by atomic mass is 35.5. The zero-order valence-electron chi connectivity index (χ0n) is 13.1. The standard InChI is InChI=1S/C19H21ClN2O/c20-18(17-9-5-2-6-10-17)19(23)22-13-11-21(12-14-22)15-16-7-3-1-4-8-16/h1-10,18H,11-15H2/t18-/m1/s1. The Bertz CT molecular complexity index is 624. The molecule has 0 aromatic heterocycles. The molecular weight excluding hydrogens is 308 g/mol. The van der Waals surface area contributed by atoms with Crippen LogP contribution >= 0.6 is 11.6 Å². The van der Waals surface area contributed by atoms with Crippen molar-refractivity contribution in [2.75, 3.05) is 26.2 Å². The third-order valence-corrected chi connectivity index (χ3v) is 4.68. The minimum absolute atomic E-state index is 0.0113. The zero-order chi connectivity index (χ0) is 16.1. The van der Waals surface area contributed by atoms with Gasteiger partial charge < -0.3 is 4.90 Å². The van der Waals surface area contributed by atoms with E-state index >= 15 is 0 Å². The molecule has 1 aliphatic rings. The third-order valence-electron chi connectivity index (χ3n) is 4.24. The molecule has 2 aromatic carbocycles. The first-order valence-corrected chi connectivity index (χ1v) is 8.42. The van der Waals surface area contributed by atoms with Gasteiger partial charge in [0.05, 0.1) is 0 Å². The zero-order valence-corrected chi connectivity index (χ0v) is 13.8. The molecule has 4 heteroatoms. The lowest BCUT2D eigenvalue weighted by atomic mass is 10.1. The highest BCUT2D eigenvalue weighted by Crippen LogP contribution is 2.23. The van der Waals surface area contributed by atoms with Crippen LogP contribution in [0.4, 0.5) is 0 Å². The van der Waals surface area contributed by atoms with Gasteiger partial charge >= 0.3 is 0 Å². The van der Waals surface area contributed by atoms with Crippen LogP contribution in [0.15, 0.2) is 60.7 Å². The van der Waals surface area contributed by atoms with E-state index in [-0.39, 0.29) is 5.91 Å². The smallest absolute Gasteiger partial charge is 0.245 e. The van der Waals surface area contributed by atoms with E-state index in [1.54, 1.807) is 0 Å². The van der Waals surface area contributed by atoms with Crippen LogP contribution in [-0.2, 0) is 11.3 Å². The molecule has 0 aliphatic carbocycles. The second-order valence-corrected chi connectivity index (χ2v) is 6.30. The van der Waals surface area contributed by atoms with Crippen LogP contribution < -0.4 is 0 Å². The molecule has 0 radical (unpaired) electrons. The molecule has 1 aliphatic heterocycles. The summed E-state index contributed by atoms with van der Waals surface area (Å²) in [4.78, 5) is 16.8. The highest BCUT2D eigenvalue weighted by molar-refractivity contribution is 6.30. The van der Waals surface area contributed by atoms with Gasteiger partial charge in [-0.05, 0) is 11.1 Å². The second kappa shape index (κ2) is 7.62. The van der Waals surface area contributed by atoms with Gasteiger partial charge in [-0.3, -0.25) is 9.69 Å². The number of hydrogen-bond acceptors (Lipinski definition) is 2. The minimum Gasteiger partial charge on any atom is -0.339 e. The van der Waals surface area contributed by atoms with Crippen molar-refractivity contribution >= 4 is 17.5 Å². The number of amides is 1. The summed E-state index contributed by atoms with van der Waals surface area (Å²) >= 11 is 6.35. The molecule has 0 spiro atoms. The van der Waals surface area contributed by atoms with Gasteiger partial charge in [0.1, 0.15) is 5.38 Å². The maximum absolute atomic E-state index is 12.5. The number of hydrogen-bond donors (Lipinski definition) is 0. The van der Waals surface area contributed by atoms with Crippen molar-refractivity contribution in [1.82, 2.24) is 9.80 Å². The number of nitrogens with zero attached hydrogens (tertiary/aromatic N) is 2. The predicted molar refractivity (Wildman–Crippen MR) is 93.3 cm³/mol. The van der Waals surface area contributed by atoms with Crippen molar-refractivity contribution in [3.05, 3.63) is 71.8 Å². The Morgan fingerprint density at radius 2 is 1.48 bits per heavy atom. The van der Waals surface area contributed by atoms with Crippen LogP contribution in [0, 0.1) is 0 Å². The summed E-state index contributed by atoms with van der Waals surface area (Å²) in [5.74, 6) is 0.0113. The molecule has 0 bridgehead atoms. The molecule has 1 heterocycles. The van der Waals surface area contributed by atoms with E-state index in [9.17, 15) is 4.79 Å². The average molecular weight is 329 g/mol. The van der Waals surface area contributed by atoms with E-state index in [2.05, 4.69) is 29.2 Å². The molecule has 3 rings (SSSR count). The number of rotatable bonds is 4. The van der Waals surface area contributed by atoms with Gasteiger partial charge in [-0.1, -0.05) is 60.7 Å². The Balaban J connectivity index is 1.53. The van der Waals surface area contributed by atoms with E-state index in [4.69, 9.17) is 11.6 Å². The minimum atomic E-state index is -0.586. The fourth-order valence-corrected chi connectivity index (χ4v) is 3.18. The first-order chi connectivity index (χ1) is 11.2. The Labute approximate surface area is 142 Å². The third kappa shape index (κ3) is 4.12. The summed E-state index contributed by atoms with van der Waals surface area (Å²) < 4.78 is 0. The fourth-order valence-electron chi connectivity index (χ4n) is 2.89. The van der Waals surface area contributed by atoms with Crippen LogP contribution in [0.25, 0.3) is 0 Å². The molecule has 1 amide bonds. The van der Waals surface area contributed by atoms with Crippen molar-refractivity contribution in [2.45, 2.75) is 11.9 Å². The summed E-state index contributed by atoms with van der Waals surface area (Å²) in [6.07, 6.45) is 0. The molecule has 0 unspecified atom stereocenters. The highest BCUT2D eigenvalue weighted by Gasteiger charge is 2.27. The number of piperazine rings is 1. The second-order valence-electron chi connectivity index (χ2n) is 5.86. The van der Waals surface area contributed by atoms with Crippen molar-refractivity contribution in [1.29, 1.82) is 0 Å². The van der Waals surface area contributed by atoms with Gasteiger partial charge in [0, 0.05) is 32.7 Å². The van der Waals surface area contributed by atoms with Crippen LogP contribution in [0.5, 0.6) is 0 Å². The molecule has 0 N–H and O–H groups in total. The maximum atomic E-state index is 12.5. The topological polar surface area (TPSA) is 23.6 Å². The van der Waals surface area contributed by atoms with Gasteiger partial charge in [0.2, 0.25) is 5.91 Å². The molecule has 1 fully saturated rings. The molecule has 120 valence electrons. The van der Waals surface area contributed by atoms with Gasteiger partial charge in [-0.2, -0.15) is 0 Å². The molecule has 1 atom stereocenters. The summed E-state index contributed by atoms with van der Waals surface area (Å²) in [5, 5.41) is -0.586. The molecule has 3 nitrogen and oxygen atoms in total. The quantitative estimate of drug-likeness (QED) is 0.804. The Kier molecular flexibility index (Phi) is 5.31. The van der Waals surface area contributed by atoms with Crippen LogP contribution in [-0.4, -0.2) is 41.9 Å².